The summed E-state index contributed by atoms with van der Waals surface area (Å²) in [6, 6.07) is 29.2. The van der Waals surface area contributed by atoms with Crippen molar-refractivity contribution in [1.29, 1.82) is 0 Å². The van der Waals surface area contributed by atoms with Crippen LogP contribution in [-0.4, -0.2) is 34.9 Å². The van der Waals surface area contributed by atoms with E-state index in [0.717, 1.165) is 25.8 Å². The lowest BCUT2D eigenvalue weighted by Gasteiger charge is -2.10. The number of pyridine rings is 1. The van der Waals surface area contributed by atoms with Crippen molar-refractivity contribution in [3.8, 4) is 11.3 Å². The summed E-state index contributed by atoms with van der Waals surface area (Å²) in [5, 5.41) is 3.91. The van der Waals surface area contributed by atoms with Crippen LogP contribution in [0, 0.1) is 3.57 Å². The van der Waals surface area contributed by atoms with Gasteiger partial charge in [-0.15, -0.1) is 0 Å². The van der Waals surface area contributed by atoms with Gasteiger partial charge in [-0.2, -0.15) is 0 Å². The number of halogens is 1. The first-order valence-electron chi connectivity index (χ1n) is 13.1. The normalized spacial score (nSPS) is 12.4. The third-order valence-corrected chi connectivity index (χ3v) is 8.09. The topological polar surface area (TPSA) is 102 Å². The molecule has 1 heterocycles. The van der Waals surface area contributed by atoms with Crippen LogP contribution >= 0.6 is 22.6 Å². The highest BCUT2D eigenvalue weighted by molar-refractivity contribution is 14.1. The monoisotopic (exact) mass is 668 g/mol. The smallest absolute Gasteiger partial charge is 0.258 e. The third-order valence-electron chi connectivity index (χ3n) is 7.15. The molecular weight excluding hydrogens is 643 g/mol. The Morgan fingerprint density at radius 1 is 0.690 bits per heavy atom. The Morgan fingerprint density at radius 2 is 1.19 bits per heavy atom. The van der Waals surface area contributed by atoms with E-state index in [-0.39, 0.29) is 35.2 Å². The second kappa shape index (κ2) is 12.0. The van der Waals surface area contributed by atoms with Gasteiger partial charge in [0.15, 0.2) is 17.3 Å². The zero-order valence-electron chi connectivity index (χ0n) is 22.8. The Morgan fingerprint density at radius 3 is 1.79 bits per heavy atom. The molecule has 8 heteroatoms. The van der Waals surface area contributed by atoms with Crippen LogP contribution in [0.15, 0.2) is 102 Å². The van der Waals surface area contributed by atoms with Crippen molar-refractivity contribution in [2.75, 3.05) is 7.05 Å². The van der Waals surface area contributed by atoms with E-state index in [1.165, 1.54) is 0 Å². The van der Waals surface area contributed by atoms with Gasteiger partial charge >= 0.3 is 0 Å². The van der Waals surface area contributed by atoms with Crippen LogP contribution in [0.3, 0.4) is 0 Å². The number of nitrogens with zero attached hydrogens (tertiary/aromatic N) is 1. The molecule has 4 aromatic carbocycles. The molecule has 0 saturated carbocycles. The number of carbonyl (C=O) groups excluding carboxylic acids is 4. The molecule has 0 bridgehead atoms. The van der Waals surface area contributed by atoms with Crippen molar-refractivity contribution in [3.05, 3.63) is 139 Å². The van der Waals surface area contributed by atoms with E-state index in [1.54, 1.807) is 55.1 Å². The Kier molecular flexibility index (Phi) is 8.26. The van der Waals surface area contributed by atoms with Crippen LogP contribution in [0.25, 0.3) is 22.0 Å². The molecule has 0 spiro atoms. The maximum Gasteiger partial charge on any atom is 0.258 e. The summed E-state index contributed by atoms with van der Waals surface area (Å²) in [6.45, 7) is 0. The number of fused-ring (bicyclic) bond motifs is 6. The van der Waals surface area contributed by atoms with E-state index < -0.39 is 0 Å². The Labute approximate surface area is 255 Å². The van der Waals surface area contributed by atoms with Gasteiger partial charge in [0.2, 0.25) is 0 Å². The standard InChI is InChI=1S/C17H11NO2.C9H6O2.C8H8INO/c1-18-15-11-7-3-4-8-12(11)16(19)14(15)10-6-2-5-9-13(10)17(18)20;10-8-5-9(11)7-4-2-1-3-6(7)8;1-10-8(11)6-4-2-3-5-7(6)9/h2-9H,1H3;1-4H,5H2;2-5H,1H3,(H,10,11). The van der Waals surface area contributed by atoms with E-state index in [0.29, 0.717) is 27.6 Å². The lowest BCUT2D eigenvalue weighted by atomic mass is 10.0. The summed E-state index contributed by atoms with van der Waals surface area (Å²) >= 11 is 2.14. The molecule has 0 atom stereocenters. The molecule has 2 aliphatic carbocycles. The van der Waals surface area contributed by atoms with Gasteiger partial charge in [0.05, 0.1) is 23.2 Å². The molecular formula is C34H25IN2O5. The summed E-state index contributed by atoms with van der Waals surface area (Å²) < 4.78 is 2.56. The van der Waals surface area contributed by atoms with E-state index in [4.69, 9.17) is 0 Å². The van der Waals surface area contributed by atoms with Gasteiger partial charge in [0, 0.05) is 50.7 Å². The summed E-state index contributed by atoms with van der Waals surface area (Å²) in [5.74, 6) is -0.131. The van der Waals surface area contributed by atoms with Crippen molar-refractivity contribution >= 4 is 56.6 Å². The molecule has 2 aliphatic rings. The van der Waals surface area contributed by atoms with Gasteiger partial charge in [0.25, 0.3) is 11.5 Å². The highest BCUT2D eigenvalue weighted by Gasteiger charge is 2.31. The fourth-order valence-electron chi connectivity index (χ4n) is 5.12. The average molecular weight is 668 g/mol. The van der Waals surface area contributed by atoms with Gasteiger partial charge < -0.3 is 9.88 Å². The number of aromatic nitrogens is 1. The van der Waals surface area contributed by atoms with Gasteiger partial charge in [-0.3, -0.25) is 24.0 Å². The fourth-order valence-corrected chi connectivity index (χ4v) is 5.75. The molecule has 1 N–H and O–H groups in total. The second-order valence-corrected chi connectivity index (χ2v) is 10.8. The number of hydrogen-bond donors (Lipinski definition) is 1. The van der Waals surface area contributed by atoms with Crippen LogP contribution in [0.1, 0.15) is 53.4 Å². The van der Waals surface area contributed by atoms with E-state index in [1.807, 2.05) is 60.7 Å². The summed E-state index contributed by atoms with van der Waals surface area (Å²) in [7, 11) is 3.36. The molecule has 0 fully saturated rings. The maximum atomic E-state index is 12.7. The lowest BCUT2D eigenvalue weighted by molar-refractivity contribution is 0.0919. The number of rotatable bonds is 1. The fraction of sp³-hybridized carbons (Fsp3) is 0.0882. The predicted octanol–water partition coefficient (Wildman–Crippen LogP) is 5.86. The van der Waals surface area contributed by atoms with Crippen LogP contribution in [0.5, 0.6) is 0 Å². The molecule has 0 saturated heterocycles. The van der Waals surface area contributed by atoms with Crippen molar-refractivity contribution in [1.82, 2.24) is 9.88 Å². The number of Topliss-reactive ketones (excluding diaryl/α,β-unsaturated/α-hetero) is 2. The summed E-state index contributed by atoms with van der Waals surface area (Å²) in [6.07, 6.45) is 0.0549. The molecule has 42 heavy (non-hydrogen) atoms. The zero-order valence-corrected chi connectivity index (χ0v) is 25.0. The number of benzene rings is 4. The molecule has 0 unspecified atom stereocenters. The van der Waals surface area contributed by atoms with Crippen LogP contribution < -0.4 is 10.9 Å². The van der Waals surface area contributed by atoms with Crippen molar-refractivity contribution in [2.45, 2.75) is 6.42 Å². The van der Waals surface area contributed by atoms with Gasteiger partial charge in [0.1, 0.15) is 0 Å². The van der Waals surface area contributed by atoms with E-state index in [9.17, 15) is 24.0 Å². The van der Waals surface area contributed by atoms with Gasteiger partial charge in [-0.25, -0.2) is 0 Å². The second-order valence-electron chi connectivity index (χ2n) is 9.64. The van der Waals surface area contributed by atoms with Gasteiger partial charge in [-0.1, -0.05) is 78.9 Å². The third kappa shape index (κ3) is 5.21. The molecule has 0 aliphatic heterocycles. The van der Waals surface area contributed by atoms with Crippen LogP contribution in [-0.2, 0) is 7.05 Å². The van der Waals surface area contributed by atoms with Crippen LogP contribution in [0.4, 0.5) is 0 Å². The number of carbonyl (C=O) groups is 4. The van der Waals surface area contributed by atoms with E-state index >= 15 is 0 Å². The highest BCUT2D eigenvalue weighted by atomic mass is 127. The first kappa shape index (κ1) is 28.8. The quantitative estimate of drug-likeness (QED) is 0.175. The number of ketones is 3. The number of amides is 1. The Hall–Kier alpha value is -4.70. The number of nitrogens with one attached hydrogen (secondary N) is 1. The minimum absolute atomic E-state index is 0.00222. The summed E-state index contributed by atoms with van der Waals surface area (Å²) in [5.41, 5.74) is 4.72. The molecule has 0 radical (unpaired) electrons. The largest absolute Gasteiger partial charge is 0.355 e. The van der Waals surface area contributed by atoms with Crippen molar-refractivity contribution in [2.24, 2.45) is 7.05 Å². The van der Waals surface area contributed by atoms with Gasteiger partial charge in [-0.05, 0) is 40.8 Å². The molecule has 5 aromatic rings. The highest BCUT2D eigenvalue weighted by Crippen LogP contribution is 2.38. The predicted molar refractivity (Wildman–Crippen MR) is 170 cm³/mol. The first-order chi connectivity index (χ1) is 20.2. The van der Waals surface area contributed by atoms with E-state index in [2.05, 4.69) is 27.9 Å². The first-order valence-corrected chi connectivity index (χ1v) is 14.2. The Bertz CT molecular complexity index is 1940. The minimum atomic E-state index is -0.0659. The van der Waals surface area contributed by atoms with Crippen LogP contribution in [0.2, 0.25) is 0 Å². The SMILES string of the molecule is CNC(=O)c1ccccc1I.Cn1c2c(c3ccccc3c1=O)C(=O)c1ccccc1-2.O=C1CC(=O)c2ccccc21. The molecule has 1 amide bonds. The molecule has 208 valence electrons. The lowest BCUT2D eigenvalue weighted by Crippen LogP contribution is -2.19. The molecule has 7 nitrogen and oxygen atoms in total. The Balaban J connectivity index is 0.000000137. The maximum absolute atomic E-state index is 12.7. The molecule has 7 rings (SSSR count). The average Bonchev–Trinajstić information content (AvgIpc) is 3.49. The summed E-state index contributed by atoms with van der Waals surface area (Å²) in [4.78, 5) is 58.3. The minimum Gasteiger partial charge on any atom is -0.355 e. The van der Waals surface area contributed by atoms with Crippen molar-refractivity contribution < 1.29 is 19.2 Å². The zero-order chi connectivity index (χ0) is 30.0. The molecule has 1 aromatic heterocycles. The number of hydrogen-bond acceptors (Lipinski definition) is 5. The van der Waals surface area contributed by atoms with Crippen molar-refractivity contribution in [3.63, 3.8) is 0 Å².